The Kier molecular flexibility index (Phi) is 5.59. The monoisotopic (exact) mass is 419 g/mol. The molecule has 3 N–H and O–H groups in total. The summed E-state index contributed by atoms with van der Waals surface area (Å²) in [6.45, 7) is 6.73. The fourth-order valence-electron chi connectivity index (χ4n) is 3.67. The summed E-state index contributed by atoms with van der Waals surface area (Å²) in [7, 11) is 0. The predicted molar refractivity (Wildman–Crippen MR) is 126 cm³/mol. The van der Waals surface area contributed by atoms with E-state index in [4.69, 9.17) is 15.5 Å². The maximum Gasteiger partial charge on any atom is 0.267 e. The minimum atomic E-state index is -0.190. The zero-order valence-electron chi connectivity index (χ0n) is 17.4. The smallest absolute Gasteiger partial charge is 0.267 e. The van der Waals surface area contributed by atoms with E-state index in [-0.39, 0.29) is 5.91 Å². The molecule has 5 nitrogen and oxygen atoms in total. The molecule has 0 saturated carbocycles. The Hall–Kier alpha value is -3.12. The lowest BCUT2D eigenvalue weighted by Gasteiger charge is -2.14. The minimum Gasteiger partial charge on any atom is -0.494 e. The average Bonchev–Trinajstić information content (AvgIpc) is 3.08. The normalized spacial score (nSPS) is 11.2. The highest BCUT2D eigenvalue weighted by atomic mass is 32.1. The van der Waals surface area contributed by atoms with E-state index in [1.807, 2.05) is 49.4 Å². The number of rotatable bonds is 6. The van der Waals surface area contributed by atoms with Crippen LogP contribution in [0.25, 0.3) is 21.1 Å². The lowest BCUT2D eigenvalue weighted by atomic mass is 10.0. The van der Waals surface area contributed by atoms with E-state index in [1.54, 1.807) is 0 Å². The van der Waals surface area contributed by atoms with Crippen molar-refractivity contribution in [2.24, 2.45) is 0 Å². The van der Waals surface area contributed by atoms with Crippen LogP contribution in [-0.4, -0.2) is 17.5 Å². The van der Waals surface area contributed by atoms with Crippen LogP contribution in [0.2, 0.25) is 0 Å². The van der Waals surface area contributed by atoms with Gasteiger partial charge in [0, 0.05) is 22.5 Å². The third kappa shape index (κ3) is 3.59. The topological polar surface area (TPSA) is 77.2 Å². The number of nitrogens with two attached hydrogens (primary N) is 1. The van der Waals surface area contributed by atoms with Gasteiger partial charge in [-0.2, -0.15) is 0 Å². The standard InChI is InChI=1S/C24H25N3O2S/c1-4-14-8-7-9-15(5-2)21(14)27-23(28)22-20(25)18-12-16-10-11-17(29-6-3)13-19(16)26-24(18)30-22/h7-13H,4-6,25H2,1-3H3,(H,27,28). The number of hydrogen-bond donors (Lipinski definition) is 2. The Morgan fingerprint density at radius 3 is 2.50 bits per heavy atom. The van der Waals surface area contributed by atoms with E-state index in [2.05, 4.69) is 19.2 Å². The zero-order chi connectivity index (χ0) is 21.3. The van der Waals surface area contributed by atoms with Crippen molar-refractivity contribution < 1.29 is 9.53 Å². The first-order chi connectivity index (χ1) is 14.5. The Morgan fingerprint density at radius 1 is 1.10 bits per heavy atom. The highest BCUT2D eigenvalue weighted by molar-refractivity contribution is 7.21. The summed E-state index contributed by atoms with van der Waals surface area (Å²) in [5.74, 6) is 0.591. The van der Waals surface area contributed by atoms with E-state index in [0.717, 1.165) is 56.5 Å². The van der Waals surface area contributed by atoms with E-state index < -0.39 is 0 Å². The lowest BCUT2D eigenvalue weighted by molar-refractivity contribution is 0.103. The number of nitrogens with zero attached hydrogens (tertiary/aromatic N) is 1. The second-order valence-electron chi connectivity index (χ2n) is 7.09. The first-order valence-electron chi connectivity index (χ1n) is 10.2. The van der Waals surface area contributed by atoms with Crippen LogP contribution in [0.5, 0.6) is 5.75 Å². The van der Waals surface area contributed by atoms with Crippen LogP contribution >= 0.6 is 11.3 Å². The van der Waals surface area contributed by atoms with Crippen molar-refractivity contribution in [2.45, 2.75) is 33.6 Å². The number of anilines is 2. The number of hydrogen-bond acceptors (Lipinski definition) is 5. The molecular formula is C24H25N3O2S. The average molecular weight is 420 g/mol. The molecule has 0 aliphatic rings. The summed E-state index contributed by atoms with van der Waals surface area (Å²) >= 11 is 1.32. The summed E-state index contributed by atoms with van der Waals surface area (Å²) in [5.41, 5.74) is 10.8. The van der Waals surface area contributed by atoms with Gasteiger partial charge in [0.25, 0.3) is 5.91 Å². The summed E-state index contributed by atoms with van der Waals surface area (Å²) in [5, 5.41) is 4.88. The van der Waals surface area contributed by atoms with Gasteiger partial charge >= 0.3 is 0 Å². The van der Waals surface area contributed by atoms with Gasteiger partial charge in [-0.15, -0.1) is 11.3 Å². The molecule has 0 aliphatic carbocycles. The molecule has 0 radical (unpaired) electrons. The molecule has 30 heavy (non-hydrogen) atoms. The molecule has 6 heteroatoms. The van der Waals surface area contributed by atoms with Crippen molar-refractivity contribution in [1.82, 2.24) is 4.98 Å². The molecule has 1 amide bonds. The van der Waals surface area contributed by atoms with Crippen LogP contribution in [0.3, 0.4) is 0 Å². The maximum absolute atomic E-state index is 13.1. The maximum atomic E-state index is 13.1. The molecule has 0 spiro atoms. The number of aromatic nitrogens is 1. The number of amides is 1. The van der Waals surface area contributed by atoms with Gasteiger partial charge in [-0.05, 0) is 49.1 Å². The number of carbonyl (C=O) groups is 1. The predicted octanol–water partition coefficient (Wildman–Crippen LogP) is 5.81. The number of para-hydroxylation sites is 1. The van der Waals surface area contributed by atoms with Gasteiger partial charge in [0.1, 0.15) is 15.5 Å². The Labute approximate surface area is 179 Å². The first kappa shape index (κ1) is 20.2. The van der Waals surface area contributed by atoms with E-state index in [0.29, 0.717) is 17.2 Å². The van der Waals surface area contributed by atoms with Crippen molar-refractivity contribution in [1.29, 1.82) is 0 Å². The molecule has 2 aromatic carbocycles. The van der Waals surface area contributed by atoms with Gasteiger partial charge in [-0.3, -0.25) is 4.79 Å². The number of carbonyl (C=O) groups excluding carboxylic acids is 1. The summed E-state index contributed by atoms with van der Waals surface area (Å²) < 4.78 is 5.58. The molecule has 0 bridgehead atoms. The van der Waals surface area contributed by atoms with E-state index in [1.165, 1.54) is 11.3 Å². The third-order valence-corrected chi connectivity index (χ3v) is 6.36. The SMILES string of the molecule is CCOc1ccc2cc3c(N)c(C(=O)Nc4c(CC)cccc4CC)sc3nc2c1. The third-order valence-electron chi connectivity index (χ3n) is 5.24. The van der Waals surface area contributed by atoms with Crippen LogP contribution in [0.4, 0.5) is 11.4 Å². The number of ether oxygens (including phenoxy) is 1. The van der Waals surface area contributed by atoms with Crippen molar-refractivity contribution >= 4 is 49.7 Å². The number of thiophene rings is 1. The quantitative estimate of drug-likeness (QED) is 0.414. The number of nitrogen functional groups attached to an aromatic ring is 1. The number of nitrogens with one attached hydrogen (secondary N) is 1. The second kappa shape index (κ2) is 8.32. The molecular weight excluding hydrogens is 394 g/mol. The van der Waals surface area contributed by atoms with E-state index >= 15 is 0 Å². The van der Waals surface area contributed by atoms with Crippen LogP contribution in [-0.2, 0) is 12.8 Å². The molecule has 0 fully saturated rings. The summed E-state index contributed by atoms with van der Waals surface area (Å²) in [6.07, 6.45) is 1.70. The Morgan fingerprint density at radius 2 is 1.83 bits per heavy atom. The molecule has 0 saturated heterocycles. The van der Waals surface area contributed by atoms with Crippen LogP contribution in [0.15, 0.2) is 42.5 Å². The Balaban J connectivity index is 1.75. The van der Waals surface area contributed by atoms with Gasteiger partial charge in [0.15, 0.2) is 0 Å². The number of benzene rings is 2. The molecule has 0 unspecified atom stereocenters. The zero-order valence-corrected chi connectivity index (χ0v) is 18.2. The van der Waals surface area contributed by atoms with Crippen molar-refractivity contribution in [3.05, 3.63) is 58.5 Å². The minimum absolute atomic E-state index is 0.190. The van der Waals surface area contributed by atoms with Crippen LogP contribution < -0.4 is 15.8 Å². The van der Waals surface area contributed by atoms with Gasteiger partial charge < -0.3 is 15.8 Å². The molecule has 0 aliphatic heterocycles. The van der Waals surface area contributed by atoms with Crippen LogP contribution in [0.1, 0.15) is 41.6 Å². The number of aryl methyl sites for hydroxylation is 2. The fourth-order valence-corrected chi connectivity index (χ4v) is 4.65. The first-order valence-corrected chi connectivity index (χ1v) is 11.0. The number of fused-ring (bicyclic) bond motifs is 2. The second-order valence-corrected chi connectivity index (χ2v) is 8.09. The molecule has 2 heterocycles. The fraction of sp³-hybridized carbons (Fsp3) is 0.250. The molecule has 154 valence electrons. The Bertz CT molecular complexity index is 1220. The highest BCUT2D eigenvalue weighted by Crippen LogP contribution is 2.36. The van der Waals surface area contributed by atoms with Gasteiger partial charge in [0.05, 0.1) is 17.8 Å². The summed E-state index contributed by atoms with van der Waals surface area (Å²) in [4.78, 5) is 19.1. The molecule has 2 aromatic heterocycles. The van der Waals surface area contributed by atoms with Crippen molar-refractivity contribution in [3.63, 3.8) is 0 Å². The van der Waals surface area contributed by atoms with Crippen molar-refractivity contribution in [2.75, 3.05) is 17.7 Å². The molecule has 4 rings (SSSR count). The largest absolute Gasteiger partial charge is 0.494 e. The van der Waals surface area contributed by atoms with Gasteiger partial charge in [0.2, 0.25) is 0 Å². The summed E-state index contributed by atoms with van der Waals surface area (Å²) in [6, 6.07) is 13.9. The molecule has 4 aromatic rings. The van der Waals surface area contributed by atoms with Crippen LogP contribution in [0, 0.1) is 0 Å². The lowest BCUT2D eigenvalue weighted by Crippen LogP contribution is -2.15. The molecule has 0 atom stereocenters. The van der Waals surface area contributed by atoms with Crippen molar-refractivity contribution in [3.8, 4) is 5.75 Å². The highest BCUT2D eigenvalue weighted by Gasteiger charge is 2.20. The van der Waals surface area contributed by atoms with E-state index in [9.17, 15) is 4.79 Å². The van der Waals surface area contributed by atoms with Gasteiger partial charge in [-0.1, -0.05) is 32.0 Å². The number of pyridine rings is 1. The van der Waals surface area contributed by atoms with Gasteiger partial charge in [-0.25, -0.2) is 4.98 Å².